The molecule has 0 radical (unpaired) electrons. The van der Waals surface area contributed by atoms with Crippen molar-refractivity contribution < 1.29 is 0 Å². The molecule has 0 spiro atoms. The molecule has 2 aliphatic rings. The summed E-state index contributed by atoms with van der Waals surface area (Å²) < 4.78 is 0. The third-order valence-corrected chi connectivity index (χ3v) is 4.29. The molecule has 2 aliphatic heterocycles. The first-order valence-electron chi connectivity index (χ1n) is 7.38. The van der Waals surface area contributed by atoms with Crippen LogP contribution < -0.4 is 0 Å². The van der Waals surface area contributed by atoms with Gasteiger partial charge in [-0.2, -0.15) is 5.26 Å². The summed E-state index contributed by atoms with van der Waals surface area (Å²) in [6, 6.07) is 2.41. The van der Waals surface area contributed by atoms with Gasteiger partial charge in [0.2, 0.25) is 0 Å². The number of nitriles is 1. The van der Waals surface area contributed by atoms with Gasteiger partial charge in [-0.3, -0.25) is 4.90 Å². The quantitative estimate of drug-likeness (QED) is 0.729. The number of likely N-dealkylation sites (tertiary alicyclic amines) is 1. The molecular weight excluding hydrogens is 224 g/mol. The molecule has 2 fully saturated rings. The first-order chi connectivity index (χ1) is 8.79. The predicted octanol–water partition coefficient (Wildman–Crippen LogP) is 1.00. The van der Waals surface area contributed by atoms with Gasteiger partial charge in [0, 0.05) is 26.2 Å². The van der Waals surface area contributed by atoms with E-state index in [2.05, 4.69) is 20.8 Å². The van der Waals surface area contributed by atoms with Crippen LogP contribution in [0.15, 0.2) is 0 Å². The van der Waals surface area contributed by atoms with Crippen LogP contribution in [0.25, 0.3) is 0 Å². The number of rotatable bonds is 5. The molecular formula is C14H26N4. The second-order valence-electron chi connectivity index (χ2n) is 5.58. The Morgan fingerprint density at radius 1 is 0.944 bits per heavy atom. The number of hydrogen-bond acceptors (Lipinski definition) is 4. The number of nitrogens with zero attached hydrogens (tertiary/aromatic N) is 4. The summed E-state index contributed by atoms with van der Waals surface area (Å²) >= 11 is 0. The van der Waals surface area contributed by atoms with E-state index in [0.717, 1.165) is 26.2 Å². The molecule has 0 N–H and O–H groups in total. The maximum Gasteiger partial charge on any atom is 0.0950 e. The van der Waals surface area contributed by atoms with Crippen molar-refractivity contribution in [2.45, 2.75) is 32.2 Å². The largest absolute Gasteiger partial charge is 0.303 e. The molecule has 2 rings (SSSR count). The second kappa shape index (κ2) is 7.08. The van der Waals surface area contributed by atoms with Crippen molar-refractivity contribution in [1.82, 2.24) is 14.7 Å². The van der Waals surface area contributed by atoms with Gasteiger partial charge in [0.15, 0.2) is 0 Å². The van der Waals surface area contributed by atoms with Crippen LogP contribution in [0.1, 0.15) is 26.2 Å². The van der Waals surface area contributed by atoms with E-state index in [0.29, 0.717) is 0 Å². The molecule has 0 aromatic carbocycles. The smallest absolute Gasteiger partial charge is 0.0950 e. The predicted molar refractivity (Wildman–Crippen MR) is 73.4 cm³/mol. The summed E-state index contributed by atoms with van der Waals surface area (Å²) in [5.41, 5.74) is 0. The van der Waals surface area contributed by atoms with Crippen molar-refractivity contribution in [3.63, 3.8) is 0 Å². The molecule has 18 heavy (non-hydrogen) atoms. The van der Waals surface area contributed by atoms with E-state index in [1.807, 2.05) is 6.92 Å². The average molecular weight is 250 g/mol. The number of hydrogen-bond donors (Lipinski definition) is 0. The lowest BCUT2D eigenvalue weighted by Crippen LogP contribution is -2.49. The minimum Gasteiger partial charge on any atom is -0.303 e. The van der Waals surface area contributed by atoms with Crippen molar-refractivity contribution in [1.29, 1.82) is 5.26 Å². The van der Waals surface area contributed by atoms with Gasteiger partial charge in [-0.05, 0) is 52.4 Å². The first kappa shape index (κ1) is 13.8. The lowest BCUT2D eigenvalue weighted by molar-refractivity contribution is 0.115. The van der Waals surface area contributed by atoms with Gasteiger partial charge >= 0.3 is 0 Å². The van der Waals surface area contributed by atoms with Gasteiger partial charge in [0.25, 0.3) is 0 Å². The van der Waals surface area contributed by atoms with E-state index in [9.17, 15) is 0 Å². The zero-order chi connectivity index (χ0) is 12.8. The van der Waals surface area contributed by atoms with Gasteiger partial charge < -0.3 is 9.80 Å². The van der Waals surface area contributed by atoms with Gasteiger partial charge in [-0.1, -0.05) is 0 Å². The topological polar surface area (TPSA) is 33.5 Å². The Balaban J connectivity index is 1.57. The minimum absolute atomic E-state index is 0.0803. The Morgan fingerprint density at radius 2 is 1.50 bits per heavy atom. The third-order valence-electron chi connectivity index (χ3n) is 4.29. The zero-order valence-electron chi connectivity index (χ0n) is 11.6. The molecule has 102 valence electrons. The van der Waals surface area contributed by atoms with Crippen molar-refractivity contribution in [3.05, 3.63) is 0 Å². The molecule has 0 bridgehead atoms. The molecule has 0 aromatic rings. The van der Waals surface area contributed by atoms with Crippen LogP contribution in [0.5, 0.6) is 0 Å². The molecule has 0 amide bonds. The van der Waals surface area contributed by atoms with Crippen LogP contribution >= 0.6 is 0 Å². The molecule has 0 saturated carbocycles. The monoisotopic (exact) mass is 250 g/mol. The summed E-state index contributed by atoms with van der Waals surface area (Å²) in [6.07, 6.45) is 4.09. The highest BCUT2D eigenvalue weighted by atomic mass is 15.3. The van der Waals surface area contributed by atoms with Crippen LogP contribution in [0.3, 0.4) is 0 Å². The molecule has 2 saturated heterocycles. The van der Waals surface area contributed by atoms with Crippen molar-refractivity contribution in [2.24, 2.45) is 0 Å². The van der Waals surface area contributed by atoms with Crippen molar-refractivity contribution in [3.8, 4) is 6.07 Å². The maximum atomic E-state index is 8.90. The normalized spacial score (nSPS) is 25.1. The molecule has 0 aliphatic carbocycles. The van der Waals surface area contributed by atoms with E-state index in [1.165, 1.54) is 45.4 Å². The van der Waals surface area contributed by atoms with E-state index in [-0.39, 0.29) is 6.04 Å². The first-order valence-corrected chi connectivity index (χ1v) is 7.38. The van der Waals surface area contributed by atoms with Crippen LogP contribution in [0, 0.1) is 11.3 Å². The Bertz CT molecular complexity index is 272. The lowest BCUT2D eigenvalue weighted by atomic mass is 10.2. The molecule has 2 heterocycles. The van der Waals surface area contributed by atoms with Crippen molar-refractivity contribution in [2.75, 3.05) is 52.4 Å². The third kappa shape index (κ3) is 3.94. The van der Waals surface area contributed by atoms with Gasteiger partial charge in [-0.25, -0.2) is 0 Å². The highest BCUT2D eigenvalue weighted by Crippen LogP contribution is 2.09. The molecule has 1 unspecified atom stereocenters. The molecule has 4 nitrogen and oxygen atoms in total. The van der Waals surface area contributed by atoms with E-state index < -0.39 is 0 Å². The molecule has 1 atom stereocenters. The van der Waals surface area contributed by atoms with Crippen LogP contribution in [0.4, 0.5) is 0 Å². The average Bonchev–Trinajstić information content (AvgIpc) is 2.92. The number of piperazine rings is 1. The standard InChI is InChI=1S/C14H26N4/c1-14(13-15)18-11-9-17(10-12-18)8-4-7-16-5-2-3-6-16/h14H,2-12H2,1H3. The van der Waals surface area contributed by atoms with Crippen LogP contribution in [-0.4, -0.2) is 73.1 Å². The summed E-state index contributed by atoms with van der Waals surface area (Å²) in [5.74, 6) is 0. The molecule has 4 heteroatoms. The van der Waals surface area contributed by atoms with E-state index in [1.54, 1.807) is 0 Å². The van der Waals surface area contributed by atoms with Gasteiger partial charge in [0.1, 0.15) is 0 Å². The van der Waals surface area contributed by atoms with E-state index in [4.69, 9.17) is 5.26 Å². The summed E-state index contributed by atoms with van der Waals surface area (Å²) in [7, 11) is 0. The Morgan fingerprint density at radius 3 is 2.06 bits per heavy atom. The van der Waals surface area contributed by atoms with Crippen LogP contribution in [0.2, 0.25) is 0 Å². The minimum atomic E-state index is 0.0803. The highest BCUT2D eigenvalue weighted by Gasteiger charge is 2.20. The SMILES string of the molecule is CC(C#N)N1CCN(CCCN2CCCC2)CC1. The molecule has 0 aromatic heterocycles. The van der Waals surface area contributed by atoms with Crippen molar-refractivity contribution >= 4 is 0 Å². The summed E-state index contributed by atoms with van der Waals surface area (Å²) in [6.45, 7) is 11.5. The van der Waals surface area contributed by atoms with Gasteiger partial charge in [0.05, 0.1) is 12.1 Å². The summed E-state index contributed by atoms with van der Waals surface area (Å²) in [5, 5.41) is 8.90. The van der Waals surface area contributed by atoms with Gasteiger partial charge in [-0.15, -0.1) is 0 Å². The second-order valence-corrected chi connectivity index (χ2v) is 5.58. The van der Waals surface area contributed by atoms with E-state index >= 15 is 0 Å². The lowest BCUT2D eigenvalue weighted by Gasteiger charge is -2.36. The Hall–Kier alpha value is -0.630. The van der Waals surface area contributed by atoms with Crippen LogP contribution in [-0.2, 0) is 0 Å². The fourth-order valence-electron chi connectivity index (χ4n) is 2.98. The summed E-state index contributed by atoms with van der Waals surface area (Å²) in [4.78, 5) is 7.43. The Kier molecular flexibility index (Phi) is 5.43. The maximum absolute atomic E-state index is 8.90. The fourth-order valence-corrected chi connectivity index (χ4v) is 2.98. The zero-order valence-corrected chi connectivity index (χ0v) is 11.6. The Labute approximate surface area is 111 Å². The highest BCUT2D eigenvalue weighted by molar-refractivity contribution is 4.90. The fraction of sp³-hybridized carbons (Fsp3) is 0.929.